The van der Waals surface area contributed by atoms with Crippen molar-refractivity contribution in [3.05, 3.63) is 40.6 Å². The number of nitrogens with two attached hydrogens (primary N) is 1. The zero-order valence-electron chi connectivity index (χ0n) is 9.07. The molecule has 1 atom stereocenters. The average Bonchev–Trinajstić information content (AvgIpc) is 2.66. The van der Waals surface area contributed by atoms with Gasteiger partial charge in [-0.3, -0.25) is 5.10 Å². The second kappa shape index (κ2) is 4.80. The molecular formula is C12H14BrN3. The molecule has 1 aromatic heterocycles. The molecule has 1 heterocycles. The van der Waals surface area contributed by atoms with Crippen molar-refractivity contribution in [1.29, 1.82) is 0 Å². The summed E-state index contributed by atoms with van der Waals surface area (Å²) in [6.45, 7) is 1.99. The van der Waals surface area contributed by atoms with Crippen LogP contribution in [0.15, 0.2) is 34.9 Å². The van der Waals surface area contributed by atoms with Gasteiger partial charge in [-0.15, -0.1) is 0 Å². The summed E-state index contributed by atoms with van der Waals surface area (Å²) in [4.78, 5) is 0. The third kappa shape index (κ3) is 2.33. The van der Waals surface area contributed by atoms with E-state index in [1.807, 2.05) is 31.3 Å². The maximum Gasteiger partial charge on any atom is 0.0569 e. The number of H-pyrrole nitrogens is 1. The molecule has 84 valence electrons. The first-order valence-corrected chi connectivity index (χ1v) is 6.00. The fourth-order valence-corrected chi connectivity index (χ4v) is 2.20. The molecule has 0 fully saturated rings. The molecule has 16 heavy (non-hydrogen) atoms. The molecule has 3 N–H and O–H groups in total. The van der Waals surface area contributed by atoms with Gasteiger partial charge in [0.05, 0.1) is 6.20 Å². The second-order valence-electron chi connectivity index (χ2n) is 3.92. The molecule has 1 unspecified atom stereocenters. The third-order valence-corrected chi connectivity index (χ3v) is 3.10. The van der Waals surface area contributed by atoms with Gasteiger partial charge >= 0.3 is 0 Å². The van der Waals surface area contributed by atoms with Gasteiger partial charge in [-0.2, -0.15) is 5.10 Å². The molecule has 0 saturated heterocycles. The van der Waals surface area contributed by atoms with Gasteiger partial charge in [0.2, 0.25) is 0 Å². The van der Waals surface area contributed by atoms with E-state index in [1.165, 1.54) is 0 Å². The van der Waals surface area contributed by atoms with Gasteiger partial charge in [-0.05, 0) is 18.6 Å². The van der Waals surface area contributed by atoms with Crippen LogP contribution in [0.3, 0.4) is 0 Å². The first-order chi connectivity index (χ1) is 7.68. The van der Waals surface area contributed by atoms with Crippen molar-refractivity contribution < 1.29 is 0 Å². The van der Waals surface area contributed by atoms with Crippen LogP contribution in [0.5, 0.6) is 0 Å². The number of halogens is 1. The lowest BCUT2D eigenvalue weighted by Crippen LogP contribution is -2.18. The van der Waals surface area contributed by atoms with Gasteiger partial charge in [-0.1, -0.05) is 34.1 Å². The summed E-state index contributed by atoms with van der Waals surface area (Å²) >= 11 is 3.55. The van der Waals surface area contributed by atoms with Crippen molar-refractivity contribution >= 4 is 15.9 Å². The van der Waals surface area contributed by atoms with Gasteiger partial charge in [-0.25, -0.2) is 0 Å². The van der Waals surface area contributed by atoms with E-state index in [-0.39, 0.29) is 6.04 Å². The summed E-state index contributed by atoms with van der Waals surface area (Å²) < 4.78 is 1.07. The average molecular weight is 280 g/mol. The molecule has 0 aliphatic rings. The number of aromatic nitrogens is 2. The highest BCUT2D eigenvalue weighted by Crippen LogP contribution is 2.29. The first-order valence-electron chi connectivity index (χ1n) is 5.21. The predicted molar refractivity (Wildman–Crippen MR) is 69.1 cm³/mol. The number of nitrogens with one attached hydrogen (secondary N) is 1. The summed E-state index contributed by atoms with van der Waals surface area (Å²) in [5.41, 5.74) is 9.16. The van der Waals surface area contributed by atoms with Crippen LogP contribution in [0.4, 0.5) is 0 Å². The molecule has 0 amide bonds. The van der Waals surface area contributed by atoms with Crippen molar-refractivity contribution in [2.75, 3.05) is 0 Å². The smallest absolute Gasteiger partial charge is 0.0569 e. The van der Waals surface area contributed by atoms with E-state index in [4.69, 9.17) is 5.73 Å². The van der Waals surface area contributed by atoms with Crippen LogP contribution in [-0.2, 0) is 6.42 Å². The zero-order chi connectivity index (χ0) is 11.5. The molecule has 0 aliphatic carbocycles. The summed E-state index contributed by atoms with van der Waals surface area (Å²) in [6.07, 6.45) is 2.65. The topological polar surface area (TPSA) is 54.7 Å². The molecule has 0 bridgehead atoms. The largest absolute Gasteiger partial charge is 0.328 e. The minimum Gasteiger partial charge on any atom is -0.328 e. The van der Waals surface area contributed by atoms with E-state index >= 15 is 0 Å². The predicted octanol–water partition coefficient (Wildman–Crippen LogP) is 2.73. The minimum atomic E-state index is 0.127. The van der Waals surface area contributed by atoms with Crippen LogP contribution in [0, 0.1) is 0 Å². The number of aromatic amines is 1. The van der Waals surface area contributed by atoms with E-state index in [2.05, 4.69) is 32.2 Å². The SMILES string of the molecule is CC(N)Cc1[nH]ncc1-c1ccccc1Br. The Hall–Kier alpha value is -1.13. The summed E-state index contributed by atoms with van der Waals surface area (Å²) in [7, 11) is 0. The van der Waals surface area contributed by atoms with Crippen LogP contribution in [0.25, 0.3) is 11.1 Å². The van der Waals surface area contributed by atoms with E-state index in [1.54, 1.807) is 0 Å². The van der Waals surface area contributed by atoms with Crippen LogP contribution in [0.2, 0.25) is 0 Å². The number of hydrogen-bond donors (Lipinski definition) is 2. The van der Waals surface area contributed by atoms with E-state index < -0.39 is 0 Å². The third-order valence-electron chi connectivity index (χ3n) is 2.41. The molecular weight excluding hydrogens is 266 g/mol. The van der Waals surface area contributed by atoms with Gasteiger partial charge in [0.15, 0.2) is 0 Å². The molecule has 0 spiro atoms. The molecule has 0 radical (unpaired) electrons. The highest BCUT2D eigenvalue weighted by Gasteiger charge is 2.11. The van der Waals surface area contributed by atoms with E-state index in [0.29, 0.717) is 0 Å². The zero-order valence-corrected chi connectivity index (χ0v) is 10.7. The Kier molecular flexibility index (Phi) is 3.41. The lowest BCUT2D eigenvalue weighted by Gasteiger charge is -2.07. The lowest BCUT2D eigenvalue weighted by molar-refractivity contribution is 0.720. The van der Waals surface area contributed by atoms with Crippen LogP contribution >= 0.6 is 15.9 Å². The van der Waals surface area contributed by atoms with Crippen LogP contribution < -0.4 is 5.73 Å². The highest BCUT2D eigenvalue weighted by atomic mass is 79.9. The van der Waals surface area contributed by atoms with Crippen molar-refractivity contribution in [1.82, 2.24) is 10.2 Å². The van der Waals surface area contributed by atoms with Crippen molar-refractivity contribution in [3.8, 4) is 11.1 Å². The van der Waals surface area contributed by atoms with Gasteiger partial charge in [0.1, 0.15) is 0 Å². The van der Waals surface area contributed by atoms with Crippen LogP contribution in [0.1, 0.15) is 12.6 Å². The van der Waals surface area contributed by atoms with E-state index in [0.717, 1.165) is 27.7 Å². The van der Waals surface area contributed by atoms with Crippen molar-refractivity contribution in [2.45, 2.75) is 19.4 Å². The molecule has 0 saturated carbocycles. The number of hydrogen-bond acceptors (Lipinski definition) is 2. The quantitative estimate of drug-likeness (QED) is 0.908. The first kappa shape index (κ1) is 11.4. The van der Waals surface area contributed by atoms with Crippen molar-refractivity contribution in [2.24, 2.45) is 5.73 Å². The molecule has 2 aromatic rings. The normalized spacial score (nSPS) is 12.7. The highest BCUT2D eigenvalue weighted by molar-refractivity contribution is 9.10. The Bertz CT molecular complexity index is 477. The number of rotatable bonds is 3. The summed E-state index contributed by atoms with van der Waals surface area (Å²) in [5.74, 6) is 0. The second-order valence-corrected chi connectivity index (χ2v) is 4.78. The minimum absolute atomic E-state index is 0.127. The molecule has 1 aromatic carbocycles. The number of nitrogens with zero attached hydrogens (tertiary/aromatic N) is 1. The van der Waals surface area contributed by atoms with Gasteiger partial charge in [0, 0.05) is 28.2 Å². The molecule has 4 heteroatoms. The van der Waals surface area contributed by atoms with E-state index in [9.17, 15) is 0 Å². The van der Waals surface area contributed by atoms with Gasteiger partial charge in [0.25, 0.3) is 0 Å². The Morgan fingerprint density at radius 3 is 2.81 bits per heavy atom. The fourth-order valence-electron chi connectivity index (χ4n) is 1.70. The summed E-state index contributed by atoms with van der Waals surface area (Å²) in [5, 5.41) is 7.10. The maximum absolute atomic E-state index is 5.81. The monoisotopic (exact) mass is 279 g/mol. The Balaban J connectivity index is 2.41. The molecule has 2 rings (SSSR count). The maximum atomic E-state index is 5.81. The summed E-state index contributed by atoms with van der Waals surface area (Å²) in [6, 6.07) is 8.24. The molecule has 0 aliphatic heterocycles. The lowest BCUT2D eigenvalue weighted by atomic mass is 10.0. The Labute approximate surface area is 103 Å². The number of benzene rings is 1. The van der Waals surface area contributed by atoms with Crippen molar-refractivity contribution in [3.63, 3.8) is 0 Å². The van der Waals surface area contributed by atoms with Crippen LogP contribution in [-0.4, -0.2) is 16.2 Å². The van der Waals surface area contributed by atoms with Gasteiger partial charge < -0.3 is 5.73 Å². The fraction of sp³-hybridized carbons (Fsp3) is 0.250. The standard InChI is InChI=1S/C12H14BrN3/c1-8(14)6-12-10(7-15-16-12)9-4-2-3-5-11(9)13/h2-5,7-8H,6,14H2,1H3,(H,15,16). The molecule has 3 nitrogen and oxygen atoms in total. The Morgan fingerprint density at radius 1 is 1.38 bits per heavy atom. The Morgan fingerprint density at radius 2 is 2.12 bits per heavy atom.